The molecule has 2 heterocycles. The highest BCUT2D eigenvalue weighted by molar-refractivity contribution is 7.91. The fraction of sp³-hybridized carbons (Fsp3) is 0.765. The van der Waals surface area contributed by atoms with Gasteiger partial charge in [-0.25, -0.2) is 13.1 Å². The monoisotopic (exact) mass is 424 g/mol. The summed E-state index contributed by atoms with van der Waals surface area (Å²) < 4.78 is 28.7. The molecule has 142 valence electrons. The Bertz CT molecular complexity index is 663. The largest absolute Gasteiger partial charge is 0.300 e. The van der Waals surface area contributed by atoms with Gasteiger partial charge in [0, 0.05) is 22.8 Å². The van der Waals surface area contributed by atoms with E-state index in [1.165, 1.54) is 24.2 Å². The van der Waals surface area contributed by atoms with E-state index in [1.807, 2.05) is 0 Å². The normalized spacial score (nSPS) is 26.4. The maximum atomic E-state index is 12.7. The van der Waals surface area contributed by atoms with Gasteiger partial charge in [0.1, 0.15) is 4.21 Å². The number of nitrogens with zero attached hydrogens (tertiary/aromatic N) is 1. The van der Waals surface area contributed by atoms with Crippen molar-refractivity contribution in [2.24, 2.45) is 5.92 Å². The van der Waals surface area contributed by atoms with Crippen molar-refractivity contribution >= 4 is 44.6 Å². The van der Waals surface area contributed by atoms with Gasteiger partial charge in [0.15, 0.2) is 0 Å². The van der Waals surface area contributed by atoms with E-state index in [0.717, 1.165) is 48.7 Å². The first-order valence-electron chi connectivity index (χ1n) is 8.92. The molecule has 1 aliphatic heterocycles. The molecule has 1 aliphatic carbocycles. The van der Waals surface area contributed by atoms with Crippen molar-refractivity contribution in [1.82, 2.24) is 9.62 Å². The molecule has 2 fully saturated rings. The van der Waals surface area contributed by atoms with Crippen molar-refractivity contribution in [2.45, 2.75) is 67.1 Å². The molecule has 0 bridgehead atoms. The minimum absolute atomic E-state index is 0.0235. The second-order valence-electron chi connectivity index (χ2n) is 7.28. The summed E-state index contributed by atoms with van der Waals surface area (Å²) in [5.74, 6) is 1.40. The molecule has 1 saturated carbocycles. The summed E-state index contributed by atoms with van der Waals surface area (Å²) in [5.41, 5.74) is 0.814. The number of halogens is 2. The summed E-state index contributed by atoms with van der Waals surface area (Å²) in [5, 5.41) is 0. The topological polar surface area (TPSA) is 49.4 Å². The minimum atomic E-state index is -3.50. The van der Waals surface area contributed by atoms with Crippen molar-refractivity contribution in [1.29, 1.82) is 0 Å². The predicted molar refractivity (Wildman–Crippen MR) is 105 cm³/mol. The number of rotatable bonds is 6. The van der Waals surface area contributed by atoms with Crippen LogP contribution in [-0.4, -0.2) is 38.5 Å². The van der Waals surface area contributed by atoms with Gasteiger partial charge in [0.2, 0.25) is 10.0 Å². The maximum absolute atomic E-state index is 12.7. The van der Waals surface area contributed by atoms with Crippen molar-refractivity contribution in [3.05, 3.63) is 16.5 Å². The lowest BCUT2D eigenvalue weighted by Gasteiger charge is -2.35. The van der Waals surface area contributed by atoms with Crippen LogP contribution in [0.15, 0.2) is 10.3 Å². The van der Waals surface area contributed by atoms with Crippen LogP contribution in [0.2, 0.25) is 0 Å². The van der Waals surface area contributed by atoms with E-state index < -0.39 is 10.0 Å². The first-order chi connectivity index (χ1) is 11.9. The molecule has 3 rings (SSSR count). The second-order valence-corrected chi connectivity index (χ2v) is 10.9. The SMILES string of the molecule is CC1CCN(C2CCC(NS(=O)(=O)c3cc(CCl)c(CCl)s3)C2)CC1. The van der Waals surface area contributed by atoms with E-state index >= 15 is 0 Å². The zero-order valence-electron chi connectivity index (χ0n) is 14.5. The Hall–Kier alpha value is 0.150. The fourth-order valence-electron chi connectivity index (χ4n) is 3.87. The number of alkyl halides is 2. The molecule has 4 nitrogen and oxygen atoms in total. The molecule has 1 aromatic rings. The molecular formula is C17H26Cl2N2O2S2. The molecule has 2 unspecified atom stereocenters. The Morgan fingerprint density at radius 3 is 2.52 bits per heavy atom. The molecule has 0 spiro atoms. The highest BCUT2D eigenvalue weighted by Gasteiger charge is 2.33. The average molecular weight is 425 g/mol. The molecule has 1 N–H and O–H groups in total. The predicted octanol–water partition coefficient (Wildman–Crippen LogP) is 4.16. The third kappa shape index (κ3) is 4.71. The van der Waals surface area contributed by atoms with Crippen molar-refractivity contribution < 1.29 is 8.42 Å². The Balaban J connectivity index is 1.61. The Morgan fingerprint density at radius 2 is 1.92 bits per heavy atom. The number of hydrogen-bond donors (Lipinski definition) is 1. The van der Waals surface area contributed by atoms with Gasteiger partial charge >= 0.3 is 0 Å². The third-order valence-electron chi connectivity index (χ3n) is 5.47. The van der Waals surface area contributed by atoms with E-state index in [2.05, 4.69) is 16.5 Å². The quantitative estimate of drug-likeness (QED) is 0.697. The van der Waals surface area contributed by atoms with Crippen LogP contribution in [0.4, 0.5) is 0 Å². The lowest BCUT2D eigenvalue weighted by atomic mass is 9.97. The molecule has 8 heteroatoms. The highest BCUT2D eigenvalue weighted by atomic mass is 35.5. The lowest BCUT2D eigenvalue weighted by Crippen LogP contribution is -2.41. The number of nitrogens with one attached hydrogen (secondary N) is 1. The van der Waals surface area contributed by atoms with Crippen molar-refractivity contribution in [2.75, 3.05) is 13.1 Å². The van der Waals surface area contributed by atoms with Crippen LogP contribution in [0.25, 0.3) is 0 Å². The molecule has 2 aliphatic rings. The van der Waals surface area contributed by atoms with Crippen molar-refractivity contribution in [3.63, 3.8) is 0 Å². The standard InChI is InChI=1S/C17H26Cl2N2O2S2/c1-12-4-6-21(7-5-12)15-3-2-14(9-15)20-25(22,23)17-8-13(10-18)16(11-19)24-17/h8,12,14-15,20H,2-7,9-11H2,1H3. The van der Waals surface area contributed by atoms with Gasteiger partial charge in [-0.1, -0.05) is 6.92 Å². The van der Waals surface area contributed by atoms with Crippen LogP contribution in [0.3, 0.4) is 0 Å². The Morgan fingerprint density at radius 1 is 1.20 bits per heavy atom. The van der Waals surface area contributed by atoms with Gasteiger partial charge in [-0.3, -0.25) is 0 Å². The second kappa shape index (κ2) is 8.44. The fourth-order valence-corrected chi connectivity index (χ4v) is 7.23. The Kier molecular flexibility index (Phi) is 6.72. The summed E-state index contributed by atoms with van der Waals surface area (Å²) in [6, 6.07) is 2.20. The summed E-state index contributed by atoms with van der Waals surface area (Å²) in [6.45, 7) is 4.61. The smallest absolute Gasteiger partial charge is 0.250 e. The summed E-state index contributed by atoms with van der Waals surface area (Å²) in [6.07, 6.45) is 5.40. The van der Waals surface area contributed by atoms with Crippen LogP contribution in [0, 0.1) is 5.92 Å². The summed E-state index contributed by atoms with van der Waals surface area (Å²) in [4.78, 5) is 3.39. The van der Waals surface area contributed by atoms with Crippen LogP contribution in [0.5, 0.6) is 0 Å². The first kappa shape index (κ1) is 19.9. The highest BCUT2D eigenvalue weighted by Crippen LogP contribution is 2.32. The number of hydrogen-bond acceptors (Lipinski definition) is 4. The van der Waals surface area contributed by atoms with E-state index in [0.29, 0.717) is 16.1 Å². The molecule has 0 amide bonds. The van der Waals surface area contributed by atoms with E-state index in [9.17, 15) is 8.42 Å². The van der Waals surface area contributed by atoms with Gasteiger partial charge in [0.25, 0.3) is 0 Å². The third-order valence-corrected chi connectivity index (χ3v) is 9.35. The number of piperidine rings is 1. The van der Waals surface area contributed by atoms with Gasteiger partial charge < -0.3 is 4.90 Å². The Labute approximate surface area is 164 Å². The molecule has 25 heavy (non-hydrogen) atoms. The lowest BCUT2D eigenvalue weighted by molar-refractivity contribution is 0.139. The van der Waals surface area contributed by atoms with E-state index in [-0.39, 0.29) is 11.9 Å². The van der Waals surface area contributed by atoms with Crippen molar-refractivity contribution in [3.8, 4) is 0 Å². The molecule has 0 radical (unpaired) electrons. The van der Waals surface area contributed by atoms with Gasteiger partial charge in [0.05, 0.1) is 5.88 Å². The zero-order valence-corrected chi connectivity index (χ0v) is 17.7. The van der Waals surface area contributed by atoms with Crippen LogP contribution in [-0.2, 0) is 21.8 Å². The van der Waals surface area contributed by atoms with E-state index in [1.54, 1.807) is 6.07 Å². The molecule has 1 saturated heterocycles. The van der Waals surface area contributed by atoms with Gasteiger partial charge in [-0.15, -0.1) is 34.5 Å². The van der Waals surface area contributed by atoms with Crippen LogP contribution in [0.1, 0.15) is 49.5 Å². The zero-order chi connectivity index (χ0) is 18.0. The average Bonchev–Trinajstić information content (AvgIpc) is 3.22. The van der Waals surface area contributed by atoms with Gasteiger partial charge in [-0.05, 0) is 62.7 Å². The van der Waals surface area contributed by atoms with Crippen LogP contribution >= 0.6 is 34.5 Å². The van der Waals surface area contributed by atoms with E-state index in [4.69, 9.17) is 23.2 Å². The first-order valence-corrected chi connectivity index (χ1v) is 12.3. The van der Waals surface area contributed by atoms with Crippen LogP contribution < -0.4 is 4.72 Å². The number of thiophene rings is 1. The van der Waals surface area contributed by atoms with Gasteiger partial charge in [-0.2, -0.15) is 0 Å². The minimum Gasteiger partial charge on any atom is -0.300 e. The summed E-state index contributed by atoms with van der Waals surface area (Å²) in [7, 11) is -3.50. The molecule has 0 aromatic carbocycles. The maximum Gasteiger partial charge on any atom is 0.250 e. The number of likely N-dealkylation sites (tertiary alicyclic amines) is 1. The molecular weight excluding hydrogens is 399 g/mol. The summed E-state index contributed by atoms with van der Waals surface area (Å²) >= 11 is 13.0. The molecule has 2 atom stereocenters. The number of sulfonamides is 1. The molecule has 1 aromatic heterocycles.